The van der Waals surface area contributed by atoms with Crippen LogP contribution in [-0.4, -0.2) is 29.0 Å². The monoisotopic (exact) mass is 387 g/mol. The van der Waals surface area contributed by atoms with Crippen molar-refractivity contribution in [3.63, 3.8) is 0 Å². The summed E-state index contributed by atoms with van der Waals surface area (Å²) in [5.41, 5.74) is 6.35. The minimum atomic E-state index is -0.163. The number of rotatable bonds is 2. The lowest BCUT2D eigenvalue weighted by atomic mass is 9.77. The first-order valence-electron chi connectivity index (χ1n) is 10.00. The lowest BCUT2D eigenvalue weighted by molar-refractivity contribution is -0.122. The minimum absolute atomic E-state index is 0.0720. The van der Waals surface area contributed by atoms with Gasteiger partial charge in [0, 0.05) is 47.7 Å². The number of para-hydroxylation sites is 2. The van der Waals surface area contributed by atoms with Crippen LogP contribution in [0.4, 0.5) is 5.69 Å². The Labute approximate surface area is 168 Å². The fourth-order valence-electron chi connectivity index (χ4n) is 5.59. The summed E-state index contributed by atoms with van der Waals surface area (Å²) < 4.78 is 0. The number of H-pyrrole nitrogens is 1. The third-order valence-corrected chi connectivity index (χ3v) is 7.09. The van der Waals surface area contributed by atoms with Crippen LogP contribution < -0.4 is 10.2 Å². The number of hydrogen-bond acceptors (Lipinski definition) is 3. The summed E-state index contributed by atoms with van der Waals surface area (Å²) in [5.74, 6) is -0.000409. The largest absolute Gasteiger partial charge is 0.370 e. The molecule has 28 heavy (non-hydrogen) atoms. The molecule has 4 heterocycles. The van der Waals surface area contributed by atoms with Gasteiger partial charge in [-0.25, -0.2) is 0 Å². The van der Waals surface area contributed by atoms with Gasteiger partial charge in [0.2, 0.25) is 5.91 Å². The summed E-state index contributed by atoms with van der Waals surface area (Å²) in [4.78, 5) is 19.6. The van der Waals surface area contributed by atoms with E-state index in [4.69, 9.17) is 12.2 Å². The van der Waals surface area contributed by atoms with Gasteiger partial charge in [0.05, 0.1) is 10.9 Å². The van der Waals surface area contributed by atoms with Gasteiger partial charge in [-0.15, -0.1) is 0 Å². The highest BCUT2D eigenvalue weighted by molar-refractivity contribution is 7.80. The number of aryl methyl sites for hydroxylation is 1. The second kappa shape index (κ2) is 5.92. The van der Waals surface area contributed by atoms with Crippen LogP contribution in [0, 0.1) is 5.92 Å². The third kappa shape index (κ3) is 2.17. The van der Waals surface area contributed by atoms with Crippen molar-refractivity contribution in [2.75, 3.05) is 18.0 Å². The number of aromatic amines is 1. The van der Waals surface area contributed by atoms with Gasteiger partial charge >= 0.3 is 0 Å². The van der Waals surface area contributed by atoms with E-state index in [1.807, 2.05) is 18.3 Å². The van der Waals surface area contributed by atoms with Crippen molar-refractivity contribution in [1.29, 1.82) is 0 Å². The molecule has 140 valence electrons. The van der Waals surface area contributed by atoms with E-state index < -0.39 is 0 Å². The molecule has 2 aromatic carbocycles. The molecule has 3 aliphatic rings. The molecule has 1 saturated heterocycles. The molecule has 1 unspecified atom stereocenters. The van der Waals surface area contributed by atoms with E-state index in [2.05, 4.69) is 45.5 Å². The molecule has 3 aromatic rings. The fourth-order valence-corrected chi connectivity index (χ4v) is 5.97. The Balaban J connectivity index is 1.49. The third-order valence-electron chi connectivity index (χ3n) is 6.74. The number of nitrogens with one attached hydrogen (secondary N) is 2. The normalized spacial score (nSPS) is 26.0. The maximum atomic E-state index is 13.1. The SMILES string of the molecule is O=C1NC(=S)[C@@H](c2c[nH]c3ccccc23)[C@@H]1C1CN2CCCc3cccc1c32. The minimum Gasteiger partial charge on any atom is -0.370 e. The van der Waals surface area contributed by atoms with Gasteiger partial charge in [-0.3, -0.25) is 4.79 Å². The zero-order valence-electron chi connectivity index (χ0n) is 15.4. The van der Waals surface area contributed by atoms with Crippen molar-refractivity contribution < 1.29 is 4.79 Å². The summed E-state index contributed by atoms with van der Waals surface area (Å²) in [6, 6.07) is 14.9. The van der Waals surface area contributed by atoms with Crippen molar-refractivity contribution in [3.05, 3.63) is 65.4 Å². The Bertz CT molecular complexity index is 1130. The molecule has 1 fully saturated rings. The first-order chi connectivity index (χ1) is 13.7. The first kappa shape index (κ1) is 16.3. The second-order valence-electron chi connectivity index (χ2n) is 8.16. The highest BCUT2D eigenvalue weighted by atomic mass is 32.1. The molecule has 5 heteroatoms. The van der Waals surface area contributed by atoms with E-state index >= 15 is 0 Å². The first-order valence-corrected chi connectivity index (χ1v) is 10.4. The number of carbonyl (C=O) groups excluding carboxylic acids is 1. The zero-order valence-corrected chi connectivity index (χ0v) is 16.3. The Morgan fingerprint density at radius 1 is 1.07 bits per heavy atom. The van der Waals surface area contributed by atoms with E-state index in [0.717, 1.165) is 36.0 Å². The van der Waals surface area contributed by atoms with E-state index in [1.165, 1.54) is 23.2 Å². The fraction of sp³-hybridized carbons (Fsp3) is 0.304. The predicted molar refractivity (Wildman–Crippen MR) is 115 cm³/mol. The van der Waals surface area contributed by atoms with Gasteiger partial charge in [0.25, 0.3) is 0 Å². The smallest absolute Gasteiger partial charge is 0.229 e. The molecular formula is C23H21N3OS. The Hall–Kier alpha value is -2.66. The number of anilines is 1. The number of benzene rings is 2. The molecule has 0 aliphatic carbocycles. The number of fused-ring (bicyclic) bond motifs is 1. The average molecular weight is 388 g/mol. The average Bonchev–Trinajstić information content (AvgIpc) is 3.37. The van der Waals surface area contributed by atoms with Gasteiger partial charge in [-0.05, 0) is 35.6 Å². The molecule has 0 saturated carbocycles. The van der Waals surface area contributed by atoms with Crippen LogP contribution in [0.2, 0.25) is 0 Å². The summed E-state index contributed by atoms with van der Waals surface area (Å²) in [6.45, 7) is 1.99. The number of aromatic nitrogens is 1. The Morgan fingerprint density at radius 2 is 1.96 bits per heavy atom. The lowest BCUT2D eigenvalue weighted by Crippen LogP contribution is -2.31. The van der Waals surface area contributed by atoms with Gasteiger partial charge in [-0.1, -0.05) is 48.6 Å². The van der Waals surface area contributed by atoms with Gasteiger partial charge in [0.15, 0.2) is 0 Å². The van der Waals surface area contributed by atoms with Crippen molar-refractivity contribution in [3.8, 4) is 0 Å². The van der Waals surface area contributed by atoms with Gasteiger partial charge in [0.1, 0.15) is 0 Å². The molecule has 3 aliphatic heterocycles. The van der Waals surface area contributed by atoms with E-state index in [-0.39, 0.29) is 23.7 Å². The molecular weight excluding hydrogens is 366 g/mol. The predicted octanol–water partition coefficient (Wildman–Crippen LogP) is 3.87. The van der Waals surface area contributed by atoms with Crippen LogP contribution in [0.25, 0.3) is 10.9 Å². The van der Waals surface area contributed by atoms with E-state index in [9.17, 15) is 4.79 Å². The number of thiocarbonyl (C=S) groups is 1. The summed E-state index contributed by atoms with van der Waals surface area (Å²) in [6.07, 6.45) is 4.36. The quantitative estimate of drug-likeness (QED) is 0.656. The van der Waals surface area contributed by atoms with Gasteiger partial charge in [-0.2, -0.15) is 0 Å². The zero-order chi connectivity index (χ0) is 18.8. The van der Waals surface area contributed by atoms with Crippen molar-refractivity contribution in [1.82, 2.24) is 10.3 Å². The van der Waals surface area contributed by atoms with E-state index in [1.54, 1.807) is 0 Å². The van der Waals surface area contributed by atoms with E-state index in [0.29, 0.717) is 4.99 Å². The topological polar surface area (TPSA) is 48.1 Å². The number of carbonyl (C=O) groups is 1. The Kier molecular flexibility index (Phi) is 3.45. The molecule has 2 N–H and O–H groups in total. The van der Waals surface area contributed by atoms with Crippen LogP contribution >= 0.6 is 12.2 Å². The summed E-state index contributed by atoms with van der Waals surface area (Å²) in [7, 11) is 0. The van der Waals surface area contributed by atoms with Crippen molar-refractivity contribution in [2.24, 2.45) is 5.92 Å². The highest BCUT2D eigenvalue weighted by Gasteiger charge is 2.49. The summed E-state index contributed by atoms with van der Waals surface area (Å²) >= 11 is 5.68. The molecule has 1 aromatic heterocycles. The molecule has 3 atom stereocenters. The Morgan fingerprint density at radius 3 is 2.89 bits per heavy atom. The molecule has 4 nitrogen and oxygen atoms in total. The summed E-state index contributed by atoms with van der Waals surface area (Å²) in [5, 5.41) is 4.16. The van der Waals surface area contributed by atoms with Crippen molar-refractivity contribution in [2.45, 2.75) is 24.7 Å². The van der Waals surface area contributed by atoms with Crippen LogP contribution in [0.3, 0.4) is 0 Å². The second-order valence-corrected chi connectivity index (χ2v) is 8.60. The standard InChI is InChI=1S/C23H21N3OS/c27-22-19(17-12-26-10-4-6-13-5-3-8-15(17)21(13)26)20(23(28)25-22)16-11-24-18-9-2-1-7-14(16)18/h1-3,5,7-9,11,17,19-20,24H,4,6,10,12H2,(H,25,27,28)/t17?,19-,20-/m0/s1. The maximum Gasteiger partial charge on any atom is 0.229 e. The van der Waals surface area contributed by atoms with Crippen LogP contribution in [-0.2, 0) is 11.2 Å². The highest BCUT2D eigenvalue weighted by Crippen LogP contribution is 2.50. The van der Waals surface area contributed by atoms with Crippen LogP contribution in [0.15, 0.2) is 48.7 Å². The number of amides is 1. The lowest BCUT2D eigenvalue weighted by Gasteiger charge is -2.27. The molecule has 0 bridgehead atoms. The molecule has 6 rings (SSSR count). The van der Waals surface area contributed by atoms with Crippen LogP contribution in [0.1, 0.15) is 34.9 Å². The molecule has 0 radical (unpaired) electrons. The van der Waals surface area contributed by atoms with Crippen LogP contribution in [0.5, 0.6) is 0 Å². The van der Waals surface area contributed by atoms with Crippen molar-refractivity contribution >= 4 is 39.7 Å². The number of hydrogen-bond donors (Lipinski definition) is 2. The maximum absolute atomic E-state index is 13.1. The van der Waals surface area contributed by atoms with Gasteiger partial charge < -0.3 is 15.2 Å². The molecule has 1 amide bonds. The number of nitrogens with zero attached hydrogens (tertiary/aromatic N) is 1. The molecule has 0 spiro atoms.